The molecule has 0 spiro atoms. The van der Waals surface area contributed by atoms with Crippen molar-refractivity contribution in [1.82, 2.24) is 0 Å². The first-order chi connectivity index (χ1) is 6.10. The molecule has 14 heavy (non-hydrogen) atoms. The first-order valence-electron chi connectivity index (χ1n) is 3.98. The van der Waals surface area contributed by atoms with E-state index in [2.05, 4.69) is 22.6 Å². The second-order valence-corrected chi connectivity index (χ2v) is 4.24. The van der Waals surface area contributed by atoms with E-state index in [4.69, 9.17) is 19.8 Å². The van der Waals surface area contributed by atoms with Crippen molar-refractivity contribution in [2.24, 2.45) is 0 Å². The number of alkyl halides is 1. The molecule has 0 radical (unpaired) electrons. The van der Waals surface area contributed by atoms with Gasteiger partial charge in [-0.1, -0.05) is 22.6 Å². The predicted molar refractivity (Wildman–Crippen MR) is 63.0 cm³/mol. The van der Waals surface area contributed by atoms with Crippen LogP contribution in [-0.4, -0.2) is 50.2 Å². The van der Waals surface area contributed by atoms with E-state index in [-0.39, 0.29) is 0 Å². The second kappa shape index (κ2) is 6.97. The van der Waals surface area contributed by atoms with E-state index >= 15 is 0 Å². The Labute approximate surface area is 98.4 Å². The minimum Gasteiger partial charge on any atom is -0.402 e. The maximum Gasteiger partial charge on any atom is 0.631 e. The third-order valence-electron chi connectivity index (χ3n) is 2.00. The highest BCUT2D eigenvalue weighted by Gasteiger charge is 2.38. The van der Waals surface area contributed by atoms with Crippen molar-refractivity contribution in [2.45, 2.75) is 32.0 Å². The number of rotatable bonds is 3. The summed E-state index contributed by atoms with van der Waals surface area (Å²) in [6.45, 7) is 5.42. The van der Waals surface area contributed by atoms with Gasteiger partial charge in [-0.2, -0.15) is 0 Å². The number of methoxy groups -OCH3 is 1. The van der Waals surface area contributed by atoms with Crippen molar-refractivity contribution in [1.29, 1.82) is 0 Å². The summed E-state index contributed by atoms with van der Waals surface area (Å²) in [7, 11) is -0.545. The maximum atomic E-state index is 9.61. The molecule has 0 saturated carbocycles. The van der Waals surface area contributed by atoms with Crippen molar-refractivity contribution in [3.05, 3.63) is 0 Å². The molecule has 0 amide bonds. The van der Waals surface area contributed by atoms with E-state index in [9.17, 15) is 5.11 Å². The number of ether oxygens (including phenoxy) is 1. The smallest absolute Gasteiger partial charge is 0.402 e. The van der Waals surface area contributed by atoms with Crippen LogP contribution in [0.15, 0.2) is 0 Å². The van der Waals surface area contributed by atoms with E-state index in [0.717, 1.165) is 4.43 Å². The minimum atomic E-state index is -2.17. The van der Waals surface area contributed by atoms with E-state index in [1.807, 2.05) is 6.92 Å². The molecule has 0 aliphatic carbocycles. The number of hydrogen-bond acceptors (Lipinski definition) is 5. The van der Waals surface area contributed by atoms with Gasteiger partial charge in [-0.05, 0) is 20.8 Å². The topological polar surface area (TPSA) is 90.2 Å². The van der Waals surface area contributed by atoms with Gasteiger partial charge in [-0.25, -0.2) is 0 Å². The molecular weight excluding hydrogens is 302 g/mol. The van der Waals surface area contributed by atoms with Gasteiger partial charge >= 0.3 is 7.32 Å². The Morgan fingerprint density at radius 1 is 1.21 bits per heavy atom. The molecule has 0 aromatic rings. The normalized spacial score (nSPS) is 15.2. The summed E-state index contributed by atoms with van der Waals surface area (Å²) in [4.78, 5) is 0. The number of hydrogen-bond donors (Lipinski definition) is 4. The second-order valence-electron chi connectivity index (χ2n) is 3.47. The summed E-state index contributed by atoms with van der Waals surface area (Å²) in [5, 5.41) is 31.1. The molecule has 1 atom stereocenters. The average molecular weight is 320 g/mol. The Hall–Kier alpha value is 0.595. The molecule has 7 heteroatoms. The third kappa shape index (κ3) is 6.96. The Kier molecular flexibility index (Phi) is 8.46. The van der Waals surface area contributed by atoms with Crippen LogP contribution >= 0.6 is 22.6 Å². The monoisotopic (exact) mass is 320 g/mol. The van der Waals surface area contributed by atoms with Gasteiger partial charge in [0.1, 0.15) is 5.60 Å². The Morgan fingerprint density at radius 3 is 1.50 bits per heavy atom. The highest BCUT2D eigenvalue weighted by Crippen LogP contribution is 2.26. The predicted octanol–water partition coefficient (Wildman–Crippen LogP) is -0.454. The molecule has 1 unspecified atom stereocenters. The lowest BCUT2D eigenvalue weighted by Gasteiger charge is -2.37. The molecular formula is C7H18BIO5. The van der Waals surface area contributed by atoms with Gasteiger partial charge in [0.25, 0.3) is 0 Å². The van der Waals surface area contributed by atoms with Gasteiger partial charge in [0.05, 0.1) is 5.60 Å². The molecule has 0 aromatic heterocycles. The van der Waals surface area contributed by atoms with Crippen LogP contribution in [0.5, 0.6) is 0 Å². The fourth-order valence-electron chi connectivity index (χ4n) is 0.468. The van der Waals surface area contributed by atoms with Gasteiger partial charge in [0.15, 0.2) is 0 Å². The fraction of sp³-hybridized carbons (Fsp3) is 1.00. The van der Waals surface area contributed by atoms with Crippen LogP contribution < -0.4 is 0 Å². The first kappa shape index (κ1) is 17.0. The molecule has 5 nitrogen and oxygen atoms in total. The zero-order valence-electron chi connectivity index (χ0n) is 8.86. The molecule has 0 heterocycles. The number of aliphatic hydroxyl groups is 1. The van der Waals surface area contributed by atoms with Crippen LogP contribution in [0.25, 0.3) is 0 Å². The highest BCUT2D eigenvalue weighted by atomic mass is 127. The van der Waals surface area contributed by atoms with Gasteiger partial charge in [0.2, 0.25) is 0 Å². The molecule has 0 aromatic carbocycles. The highest BCUT2D eigenvalue weighted by molar-refractivity contribution is 14.1. The largest absolute Gasteiger partial charge is 0.631 e. The summed E-state index contributed by atoms with van der Waals surface area (Å²) >= 11 is 2.21. The van der Waals surface area contributed by atoms with Crippen LogP contribution in [0.2, 0.25) is 0 Å². The first-order valence-corrected chi connectivity index (χ1v) is 5.51. The van der Waals surface area contributed by atoms with Gasteiger partial charge < -0.3 is 24.9 Å². The molecule has 0 saturated heterocycles. The Morgan fingerprint density at radius 2 is 1.50 bits per heavy atom. The molecule has 0 aliphatic rings. The maximum absolute atomic E-state index is 9.61. The van der Waals surface area contributed by atoms with E-state index in [0.29, 0.717) is 0 Å². The fourth-order valence-corrected chi connectivity index (χ4v) is 1.71. The lowest BCUT2D eigenvalue weighted by atomic mass is 9.90. The van der Waals surface area contributed by atoms with Crippen LogP contribution in [0, 0.1) is 0 Å². The van der Waals surface area contributed by atoms with Gasteiger partial charge in [0, 0.05) is 11.5 Å². The summed E-state index contributed by atoms with van der Waals surface area (Å²) in [5.74, 6) is 0. The Bertz CT molecular complexity index is 141. The molecule has 86 valence electrons. The Balaban J connectivity index is 0. The molecule has 0 aliphatic heterocycles. The van der Waals surface area contributed by atoms with Crippen LogP contribution in [0.1, 0.15) is 20.8 Å². The van der Waals surface area contributed by atoms with Crippen LogP contribution in [-0.2, 0) is 4.74 Å². The zero-order valence-corrected chi connectivity index (χ0v) is 11.0. The van der Waals surface area contributed by atoms with Crippen molar-refractivity contribution >= 4 is 29.9 Å². The summed E-state index contributed by atoms with van der Waals surface area (Å²) in [6.07, 6.45) is 0. The van der Waals surface area contributed by atoms with Crippen molar-refractivity contribution in [3.8, 4) is 0 Å². The molecule has 0 bridgehead atoms. The SMILES string of the molecule is COC(C)(CI)C(C)(C)O.OB(O)O. The van der Waals surface area contributed by atoms with Crippen LogP contribution in [0.4, 0.5) is 0 Å². The van der Waals surface area contributed by atoms with Gasteiger partial charge in [-0.3, -0.25) is 0 Å². The molecule has 0 rings (SSSR count). The number of halogens is 1. The lowest BCUT2D eigenvalue weighted by Crippen LogP contribution is -2.50. The van der Waals surface area contributed by atoms with E-state index < -0.39 is 18.5 Å². The lowest BCUT2D eigenvalue weighted by molar-refractivity contribution is -0.124. The molecule has 0 fully saturated rings. The van der Waals surface area contributed by atoms with Gasteiger partial charge in [-0.15, -0.1) is 0 Å². The third-order valence-corrected chi connectivity index (χ3v) is 3.46. The zero-order chi connectivity index (χ0) is 12.0. The van der Waals surface area contributed by atoms with Crippen molar-refractivity contribution in [2.75, 3.05) is 11.5 Å². The van der Waals surface area contributed by atoms with Crippen LogP contribution in [0.3, 0.4) is 0 Å². The quantitative estimate of drug-likeness (QED) is 0.321. The van der Waals surface area contributed by atoms with Crippen molar-refractivity contribution in [3.63, 3.8) is 0 Å². The summed E-state index contributed by atoms with van der Waals surface area (Å²) in [5.41, 5.74) is -1.21. The van der Waals surface area contributed by atoms with E-state index in [1.165, 1.54) is 0 Å². The summed E-state index contributed by atoms with van der Waals surface area (Å²) in [6, 6.07) is 0. The average Bonchev–Trinajstić information content (AvgIpc) is 2.00. The molecule has 4 N–H and O–H groups in total. The van der Waals surface area contributed by atoms with Crippen molar-refractivity contribution < 1.29 is 24.9 Å². The summed E-state index contributed by atoms with van der Waals surface area (Å²) < 4.78 is 5.98. The standard InChI is InChI=1S/C7H15IO2.BH3O3/c1-6(2,9)7(3,5-8)10-4;2-1(3)4/h9H,5H2,1-4H3;2-4H. The minimum absolute atomic E-state index is 0.437. The van der Waals surface area contributed by atoms with E-state index in [1.54, 1.807) is 21.0 Å².